The van der Waals surface area contributed by atoms with E-state index in [0.717, 1.165) is 5.75 Å². The van der Waals surface area contributed by atoms with Crippen LogP contribution in [-0.4, -0.2) is 40.3 Å². The van der Waals surface area contributed by atoms with Crippen LogP contribution in [0.5, 0.6) is 5.75 Å². The summed E-state index contributed by atoms with van der Waals surface area (Å²) in [5.41, 5.74) is 1.42. The summed E-state index contributed by atoms with van der Waals surface area (Å²) in [4.78, 5) is 31.4. The highest BCUT2D eigenvalue weighted by atomic mass is 32.2. The summed E-state index contributed by atoms with van der Waals surface area (Å²) in [6.07, 6.45) is 0.152. The number of para-hydroxylation sites is 1. The van der Waals surface area contributed by atoms with Crippen LogP contribution in [-0.2, 0) is 9.59 Å². The number of amidine groups is 1. The van der Waals surface area contributed by atoms with Crippen molar-refractivity contribution in [1.29, 1.82) is 0 Å². The maximum Gasteiger partial charge on any atom is 0.238 e. The Hall–Kier alpha value is -2.80. The van der Waals surface area contributed by atoms with Gasteiger partial charge in [-0.1, -0.05) is 30.0 Å². The minimum absolute atomic E-state index is 0.0980. The molecule has 146 valence electrons. The molecular weight excluding hydrogens is 374 g/mol. The molecule has 7 heteroatoms. The minimum Gasteiger partial charge on any atom is -0.494 e. The number of hydrogen-bond acceptors (Lipinski definition) is 5. The van der Waals surface area contributed by atoms with E-state index in [-0.39, 0.29) is 18.2 Å². The summed E-state index contributed by atoms with van der Waals surface area (Å²) in [6.45, 7) is 4.93. The third-order valence-corrected chi connectivity index (χ3v) is 5.35. The highest BCUT2D eigenvalue weighted by Crippen LogP contribution is 2.30. The zero-order valence-electron chi connectivity index (χ0n) is 15.9. The second-order valence-corrected chi connectivity index (χ2v) is 7.30. The molecule has 1 saturated heterocycles. The van der Waals surface area contributed by atoms with Crippen molar-refractivity contribution in [3.05, 3.63) is 54.6 Å². The highest BCUT2D eigenvalue weighted by Gasteiger charge is 2.35. The van der Waals surface area contributed by atoms with Crippen LogP contribution in [0, 0.1) is 0 Å². The molecule has 0 spiro atoms. The number of nitrogens with zero attached hydrogens (tertiary/aromatic N) is 2. The van der Waals surface area contributed by atoms with E-state index in [1.165, 1.54) is 11.8 Å². The fraction of sp³-hybridized carbons (Fsp3) is 0.286. The molecule has 6 nitrogen and oxygen atoms in total. The van der Waals surface area contributed by atoms with Crippen LogP contribution in [0.15, 0.2) is 59.6 Å². The Morgan fingerprint density at radius 3 is 2.54 bits per heavy atom. The Labute approximate surface area is 169 Å². The maximum atomic E-state index is 12.6. The zero-order valence-corrected chi connectivity index (χ0v) is 16.7. The molecule has 0 aromatic heterocycles. The van der Waals surface area contributed by atoms with E-state index in [1.807, 2.05) is 68.4 Å². The number of amides is 2. The lowest BCUT2D eigenvalue weighted by Crippen LogP contribution is -2.45. The molecule has 0 saturated carbocycles. The first kappa shape index (κ1) is 19.9. The number of carbonyl (C=O) groups excluding carboxylic acids is 2. The number of carbonyl (C=O) groups is 2. The smallest absolute Gasteiger partial charge is 0.238 e. The number of hydrogen-bond donors (Lipinski definition) is 1. The Morgan fingerprint density at radius 2 is 1.89 bits per heavy atom. The predicted molar refractivity (Wildman–Crippen MR) is 113 cm³/mol. The number of ether oxygens (including phenoxy) is 1. The summed E-state index contributed by atoms with van der Waals surface area (Å²) >= 11 is 1.32. The summed E-state index contributed by atoms with van der Waals surface area (Å²) in [6, 6.07) is 16.6. The number of aliphatic imine (C=N–C) groups is 1. The van der Waals surface area contributed by atoms with E-state index >= 15 is 0 Å². The maximum absolute atomic E-state index is 12.6. The molecule has 2 aromatic rings. The van der Waals surface area contributed by atoms with Crippen LogP contribution in [0.4, 0.5) is 11.4 Å². The minimum atomic E-state index is -0.517. The first-order valence-corrected chi connectivity index (χ1v) is 10.1. The van der Waals surface area contributed by atoms with Gasteiger partial charge in [0.2, 0.25) is 11.8 Å². The van der Waals surface area contributed by atoms with Crippen molar-refractivity contribution in [3.8, 4) is 5.75 Å². The molecule has 1 aliphatic rings. The second kappa shape index (κ2) is 9.41. The van der Waals surface area contributed by atoms with E-state index in [4.69, 9.17) is 4.74 Å². The summed E-state index contributed by atoms with van der Waals surface area (Å²) in [5.74, 6) is 0.477. The van der Waals surface area contributed by atoms with Crippen LogP contribution in [0.3, 0.4) is 0 Å². The molecule has 1 aliphatic heterocycles. The van der Waals surface area contributed by atoms with E-state index in [9.17, 15) is 9.59 Å². The van der Waals surface area contributed by atoms with Crippen LogP contribution < -0.4 is 10.1 Å². The van der Waals surface area contributed by atoms with Gasteiger partial charge in [-0.2, -0.15) is 0 Å². The third-order valence-electron chi connectivity index (χ3n) is 4.16. The van der Waals surface area contributed by atoms with E-state index in [0.29, 0.717) is 29.7 Å². The molecule has 0 bridgehead atoms. The number of rotatable bonds is 6. The summed E-state index contributed by atoms with van der Waals surface area (Å²) in [7, 11) is 0. The molecular formula is C21H23N3O3S. The van der Waals surface area contributed by atoms with Crippen LogP contribution in [0.2, 0.25) is 0 Å². The van der Waals surface area contributed by atoms with E-state index in [1.54, 1.807) is 4.90 Å². The Kier molecular flexibility index (Phi) is 6.71. The Balaban J connectivity index is 1.78. The first-order valence-electron chi connectivity index (χ1n) is 9.25. The van der Waals surface area contributed by atoms with Crippen molar-refractivity contribution in [1.82, 2.24) is 4.90 Å². The monoisotopic (exact) mass is 397 g/mol. The molecule has 0 unspecified atom stereocenters. The molecule has 0 radical (unpaired) electrons. The average molecular weight is 398 g/mol. The fourth-order valence-electron chi connectivity index (χ4n) is 2.79. The molecule has 28 heavy (non-hydrogen) atoms. The number of anilines is 1. The van der Waals surface area contributed by atoms with Gasteiger partial charge in [-0.15, -0.1) is 0 Å². The van der Waals surface area contributed by atoms with Crippen molar-refractivity contribution in [2.24, 2.45) is 4.99 Å². The van der Waals surface area contributed by atoms with Gasteiger partial charge < -0.3 is 10.1 Å². The lowest BCUT2D eigenvalue weighted by molar-refractivity contribution is -0.129. The summed E-state index contributed by atoms with van der Waals surface area (Å²) in [5, 5.41) is 2.89. The van der Waals surface area contributed by atoms with Gasteiger partial charge in [0, 0.05) is 18.7 Å². The predicted octanol–water partition coefficient (Wildman–Crippen LogP) is 4.07. The average Bonchev–Trinajstić information content (AvgIpc) is 2.70. The lowest BCUT2D eigenvalue weighted by atomic mass is 10.2. The van der Waals surface area contributed by atoms with Crippen molar-refractivity contribution in [3.63, 3.8) is 0 Å². The van der Waals surface area contributed by atoms with Crippen molar-refractivity contribution in [2.75, 3.05) is 18.5 Å². The largest absolute Gasteiger partial charge is 0.494 e. The van der Waals surface area contributed by atoms with Gasteiger partial charge in [-0.3, -0.25) is 14.5 Å². The molecule has 1 heterocycles. The van der Waals surface area contributed by atoms with Crippen molar-refractivity contribution in [2.45, 2.75) is 25.5 Å². The van der Waals surface area contributed by atoms with Crippen LogP contribution in [0.1, 0.15) is 20.3 Å². The van der Waals surface area contributed by atoms with Crippen LogP contribution >= 0.6 is 11.8 Å². The molecule has 3 rings (SSSR count). The Bertz CT molecular complexity index is 853. The molecule has 1 N–H and O–H groups in total. The van der Waals surface area contributed by atoms with Gasteiger partial charge in [0.1, 0.15) is 11.0 Å². The number of thioether (sulfide) groups is 1. The van der Waals surface area contributed by atoms with Gasteiger partial charge in [-0.05, 0) is 50.2 Å². The quantitative estimate of drug-likeness (QED) is 0.798. The highest BCUT2D eigenvalue weighted by molar-refractivity contribution is 8.15. The fourth-order valence-corrected chi connectivity index (χ4v) is 3.95. The topological polar surface area (TPSA) is 71.0 Å². The Morgan fingerprint density at radius 1 is 1.18 bits per heavy atom. The first-order chi connectivity index (χ1) is 13.6. The second-order valence-electron chi connectivity index (χ2n) is 6.13. The molecule has 2 amide bonds. The molecule has 0 aliphatic carbocycles. The van der Waals surface area contributed by atoms with Gasteiger partial charge >= 0.3 is 0 Å². The standard InChI is InChI=1S/C21H23N3O3S/c1-3-24-19(25)14-18(20(26)22-15-8-6-5-7-9-15)28-21(24)23-16-10-12-17(13-11-16)27-4-2/h5-13,18H,3-4,14H2,1-2H3,(H,22,26)/t18-/m1/s1. The van der Waals surface area contributed by atoms with E-state index < -0.39 is 5.25 Å². The summed E-state index contributed by atoms with van der Waals surface area (Å²) < 4.78 is 5.44. The van der Waals surface area contributed by atoms with Gasteiger partial charge in [0.05, 0.1) is 12.3 Å². The zero-order chi connectivity index (χ0) is 19.9. The lowest BCUT2D eigenvalue weighted by Gasteiger charge is -2.30. The normalized spacial score (nSPS) is 18.2. The number of benzene rings is 2. The van der Waals surface area contributed by atoms with Gasteiger partial charge in [0.15, 0.2) is 5.17 Å². The van der Waals surface area contributed by atoms with Crippen molar-refractivity contribution >= 4 is 40.1 Å². The van der Waals surface area contributed by atoms with E-state index in [2.05, 4.69) is 10.3 Å². The van der Waals surface area contributed by atoms with Crippen LogP contribution in [0.25, 0.3) is 0 Å². The van der Waals surface area contributed by atoms with Crippen molar-refractivity contribution < 1.29 is 14.3 Å². The SMILES string of the molecule is CCOc1ccc(N=C2S[C@@H](C(=O)Nc3ccccc3)CC(=O)N2CC)cc1. The third kappa shape index (κ3) is 4.92. The molecule has 2 aromatic carbocycles. The van der Waals surface area contributed by atoms with Gasteiger partial charge in [0.25, 0.3) is 0 Å². The number of nitrogens with one attached hydrogen (secondary N) is 1. The molecule has 1 fully saturated rings. The van der Waals surface area contributed by atoms with Gasteiger partial charge in [-0.25, -0.2) is 4.99 Å². The molecule has 1 atom stereocenters.